The third kappa shape index (κ3) is 7.54. The van der Waals surface area contributed by atoms with Crippen LogP contribution in [-0.2, 0) is 11.3 Å². The Morgan fingerprint density at radius 3 is 2.64 bits per heavy atom. The van der Waals surface area contributed by atoms with Crippen molar-refractivity contribution in [2.45, 2.75) is 45.1 Å². The molecule has 1 aliphatic carbocycles. The van der Waals surface area contributed by atoms with Gasteiger partial charge in [-0.15, -0.1) is 0 Å². The molecule has 1 fully saturated rings. The van der Waals surface area contributed by atoms with Gasteiger partial charge in [0.15, 0.2) is 5.96 Å². The molecule has 1 aliphatic rings. The van der Waals surface area contributed by atoms with Gasteiger partial charge in [0.05, 0.1) is 0 Å². The van der Waals surface area contributed by atoms with Gasteiger partial charge in [-0.3, -0.25) is 9.79 Å². The Balaban J connectivity index is 1.59. The van der Waals surface area contributed by atoms with Crippen molar-refractivity contribution in [3.8, 4) is 0 Å². The Hall–Kier alpha value is -2.11. The van der Waals surface area contributed by atoms with Crippen LogP contribution >= 0.6 is 0 Å². The summed E-state index contributed by atoms with van der Waals surface area (Å²) in [6.45, 7) is 1.65. The van der Waals surface area contributed by atoms with Crippen LogP contribution < -0.4 is 16.0 Å². The molecule has 138 valence electrons. The van der Waals surface area contributed by atoms with Crippen LogP contribution in [0.3, 0.4) is 0 Å². The quantitative estimate of drug-likeness (QED) is 0.403. The van der Waals surface area contributed by atoms with Gasteiger partial charge in [-0.2, -0.15) is 0 Å². The van der Waals surface area contributed by atoms with E-state index in [1.54, 1.807) is 13.1 Å². The molecule has 5 nitrogen and oxygen atoms in total. The van der Waals surface area contributed by atoms with Gasteiger partial charge >= 0.3 is 0 Å². The van der Waals surface area contributed by atoms with Crippen LogP contribution in [-0.4, -0.2) is 32.0 Å². The summed E-state index contributed by atoms with van der Waals surface area (Å²) in [5, 5.41) is 9.23. The van der Waals surface area contributed by atoms with E-state index in [1.165, 1.54) is 44.2 Å². The Bertz CT molecular complexity index is 570. The molecular weight excluding hydrogens is 319 g/mol. The van der Waals surface area contributed by atoms with E-state index in [1.807, 2.05) is 6.07 Å². The van der Waals surface area contributed by atoms with Gasteiger partial charge in [-0.1, -0.05) is 31.4 Å². The maximum Gasteiger partial charge on any atom is 0.220 e. The van der Waals surface area contributed by atoms with Crippen LogP contribution in [0.1, 0.15) is 44.1 Å². The Morgan fingerprint density at radius 1 is 1.16 bits per heavy atom. The zero-order valence-electron chi connectivity index (χ0n) is 15.0. The Morgan fingerprint density at radius 2 is 1.92 bits per heavy atom. The molecule has 1 aromatic rings. The molecule has 6 heteroatoms. The number of guanidine groups is 1. The first kappa shape index (κ1) is 19.2. The van der Waals surface area contributed by atoms with Crippen molar-refractivity contribution in [3.63, 3.8) is 0 Å². The maximum absolute atomic E-state index is 13.2. The molecule has 25 heavy (non-hydrogen) atoms. The SMILES string of the molecule is CN=C(NCCNC(=O)CC1CCCCC1)NCc1cccc(F)c1. The molecular formula is C19H29FN4O. The van der Waals surface area contributed by atoms with Gasteiger partial charge < -0.3 is 16.0 Å². The van der Waals surface area contributed by atoms with E-state index in [-0.39, 0.29) is 11.7 Å². The predicted molar refractivity (Wildman–Crippen MR) is 98.8 cm³/mol. The molecule has 0 radical (unpaired) electrons. The molecule has 0 spiro atoms. The average Bonchev–Trinajstić information content (AvgIpc) is 2.62. The number of benzene rings is 1. The molecule has 0 bridgehead atoms. The lowest BCUT2D eigenvalue weighted by molar-refractivity contribution is -0.122. The smallest absolute Gasteiger partial charge is 0.220 e. The number of nitrogens with zero attached hydrogens (tertiary/aromatic N) is 1. The van der Waals surface area contributed by atoms with Gasteiger partial charge in [0.2, 0.25) is 5.91 Å². The summed E-state index contributed by atoms with van der Waals surface area (Å²) in [4.78, 5) is 16.1. The summed E-state index contributed by atoms with van der Waals surface area (Å²) in [7, 11) is 1.68. The van der Waals surface area contributed by atoms with E-state index >= 15 is 0 Å². The molecule has 0 aliphatic heterocycles. The fourth-order valence-corrected chi connectivity index (χ4v) is 3.16. The minimum atomic E-state index is -0.247. The van der Waals surface area contributed by atoms with Crippen LogP contribution in [0, 0.1) is 11.7 Å². The molecule has 1 saturated carbocycles. The lowest BCUT2D eigenvalue weighted by Gasteiger charge is -2.20. The van der Waals surface area contributed by atoms with Crippen molar-refractivity contribution in [1.29, 1.82) is 0 Å². The predicted octanol–water partition coefficient (Wildman–Crippen LogP) is 2.58. The fraction of sp³-hybridized carbons (Fsp3) is 0.579. The minimum Gasteiger partial charge on any atom is -0.355 e. The third-order valence-corrected chi connectivity index (χ3v) is 4.51. The number of amides is 1. The molecule has 0 aromatic heterocycles. The van der Waals surface area contributed by atoms with Crippen molar-refractivity contribution in [1.82, 2.24) is 16.0 Å². The van der Waals surface area contributed by atoms with Gasteiger partial charge in [-0.25, -0.2) is 4.39 Å². The molecule has 2 rings (SSSR count). The third-order valence-electron chi connectivity index (χ3n) is 4.51. The monoisotopic (exact) mass is 348 g/mol. The van der Waals surface area contributed by atoms with Crippen LogP contribution in [0.2, 0.25) is 0 Å². The van der Waals surface area contributed by atoms with Crippen LogP contribution in [0.4, 0.5) is 4.39 Å². The first-order chi connectivity index (χ1) is 12.2. The van der Waals surface area contributed by atoms with Crippen molar-refractivity contribution in [2.75, 3.05) is 20.1 Å². The number of carbonyl (C=O) groups excluding carboxylic acids is 1. The van der Waals surface area contributed by atoms with Gasteiger partial charge in [0, 0.05) is 33.1 Å². The first-order valence-electron chi connectivity index (χ1n) is 9.13. The van der Waals surface area contributed by atoms with E-state index in [0.717, 1.165) is 5.56 Å². The molecule has 0 heterocycles. The van der Waals surface area contributed by atoms with Crippen LogP contribution in [0.5, 0.6) is 0 Å². The first-order valence-corrected chi connectivity index (χ1v) is 9.13. The highest BCUT2D eigenvalue weighted by atomic mass is 19.1. The van der Waals surface area contributed by atoms with Gasteiger partial charge in [0.1, 0.15) is 5.82 Å². The number of aliphatic imine (C=N–C) groups is 1. The highest BCUT2D eigenvalue weighted by molar-refractivity contribution is 5.80. The maximum atomic E-state index is 13.2. The zero-order chi connectivity index (χ0) is 17.9. The van der Waals surface area contributed by atoms with Gasteiger partial charge in [-0.05, 0) is 36.5 Å². The summed E-state index contributed by atoms with van der Waals surface area (Å²) >= 11 is 0. The fourth-order valence-electron chi connectivity index (χ4n) is 3.16. The second-order valence-corrected chi connectivity index (χ2v) is 6.54. The number of nitrogens with one attached hydrogen (secondary N) is 3. The van der Waals surface area contributed by atoms with E-state index < -0.39 is 0 Å². The number of hydrogen-bond acceptors (Lipinski definition) is 2. The average molecular weight is 348 g/mol. The number of hydrogen-bond donors (Lipinski definition) is 3. The second-order valence-electron chi connectivity index (χ2n) is 6.54. The molecule has 1 aromatic carbocycles. The summed E-state index contributed by atoms with van der Waals surface area (Å²) in [6.07, 6.45) is 6.83. The van der Waals surface area contributed by atoms with Gasteiger partial charge in [0.25, 0.3) is 0 Å². The molecule has 3 N–H and O–H groups in total. The Labute approximate surface area is 149 Å². The highest BCUT2D eigenvalue weighted by Gasteiger charge is 2.16. The van der Waals surface area contributed by atoms with Crippen molar-refractivity contribution in [3.05, 3.63) is 35.6 Å². The van der Waals surface area contributed by atoms with Crippen molar-refractivity contribution in [2.24, 2.45) is 10.9 Å². The standard InChI is InChI=1S/C19H29FN4O/c1-21-19(24-14-16-8-5-9-17(20)12-16)23-11-10-22-18(25)13-15-6-3-2-4-7-15/h5,8-9,12,15H,2-4,6-7,10-11,13-14H2,1H3,(H,22,25)(H2,21,23,24). The summed E-state index contributed by atoms with van der Waals surface area (Å²) < 4.78 is 13.2. The summed E-state index contributed by atoms with van der Waals surface area (Å²) in [6, 6.07) is 6.46. The lowest BCUT2D eigenvalue weighted by atomic mass is 9.87. The van der Waals surface area contributed by atoms with E-state index in [0.29, 0.717) is 37.9 Å². The zero-order valence-corrected chi connectivity index (χ0v) is 15.0. The second kappa shape index (κ2) is 10.7. The molecule has 0 atom stereocenters. The topological polar surface area (TPSA) is 65.5 Å². The lowest BCUT2D eigenvalue weighted by Crippen LogP contribution is -2.41. The van der Waals surface area contributed by atoms with Crippen LogP contribution in [0.15, 0.2) is 29.3 Å². The minimum absolute atomic E-state index is 0.136. The highest BCUT2D eigenvalue weighted by Crippen LogP contribution is 2.25. The number of halogens is 1. The molecule has 0 unspecified atom stereocenters. The Kier molecular flexibility index (Phi) is 8.22. The summed E-state index contributed by atoms with van der Waals surface area (Å²) in [5.41, 5.74) is 0.851. The molecule has 1 amide bonds. The van der Waals surface area contributed by atoms with Crippen molar-refractivity contribution >= 4 is 11.9 Å². The van der Waals surface area contributed by atoms with E-state index in [9.17, 15) is 9.18 Å². The summed E-state index contributed by atoms with van der Waals surface area (Å²) in [5.74, 6) is 1.08. The normalized spacial score (nSPS) is 15.7. The number of rotatable bonds is 7. The largest absolute Gasteiger partial charge is 0.355 e. The molecule has 0 saturated heterocycles. The van der Waals surface area contributed by atoms with E-state index in [4.69, 9.17) is 0 Å². The van der Waals surface area contributed by atoms with E-state index in [2.05, 4.69) is 20.9 Å². The van der Waals surface area contributed by atoms with Crippen molar-refractivity contribution < 1.29 is 9.18 Å². The van der Waals surface area contributed by atoms with Crippen LogP contribution in [0.25, 0.3) is 0 Å². The number of carbonyl (C=O) groups is 1.